The van der Waals surface area contributed by atoms with E-state index in [1.54, 1.807) is 37.4 Å². The van der Waals surface area contributed by atoms with Gasteiger partial charge in [0.2, 0.25) is 6.29 Å². The van der Waals surface area contributed by atoms with E-state index in [9.17, 15) is 9.90 Å². The van der Waals surface area contributed by atoms with Crippen LogP contribution in [0.4, 0.5) is 0 Å². The van der Waals surface area contributed by atoms with Gasteiger partial charge in [0.25, 0.3) is 0 Å². The molecule has 4 saturated carbocycles. The van der Waals surface area contributed by atoms with Crippen molar-refractivity contribution in [3.8, 4) is 5.75 Å². The fourth-order valence-corrected chi connectivity index (χ4v) is 6.80. The van der Waals surface area contributed by atoms with Crippen molar-refractivity contribution in [3.05, 3.63) is 65.2 Å². The Morgan fingerprint density at radius 2 is 1.68 bits per heavy atom. The van der Waals surface area contributed by atoms with Crippen molar-refractivity contribution in [2.75, 3.05) is 27.1 Å². The Kier molecular flexibility index (Phi) is 6.91. The number of carbonyl (C=O) groups excluding carboxylic acids is 1. The van der Waals surface area contributed by atoms with Gasteiger partial charge < -0.3 is 24.1 Å². The lowest BCUT2D eigenvalue weighted by Gasteiger charge is -2.57. The average Bonchev–Trinajstić information content (AvgIpc) is 2.83. The molecule has 0 saturated heterocycles. The zero-order valence-electron chi connectivity index (χ0n) is 19.8. The SMILES string of the molecule is COCCOCOc1ccc(C(=O)OC(O)c2ccccc2)cc1C12CC3CC(CC(C3)C1)C2. The predicted molar refractivity (Wildman–Crippen MR) is 126 cm³/mol. The van der Waals surface area contributed by atoms with Crippen LogP contribution in [0.5, 0.6) is 5.75 Å². The summed E-state index contributed by atoms with van der Waals surface area (Å²) in [6.45, 7) is 1.12. The molecule has 4 aliphatic carbocycles. The number of hydrogen-bond acceptors (Lipinski definition) is 6. The van der Waals surface area contributed by atoms with Crippen LogP contribution in [0, 0.1) is 17.8 Å². The molecular formula is C28H34O6. The van der Waals surface area contributed by atoms with E-state index in [0.29, 0.717) is 24.3 Å². The molecule has 2 aromatic carbocycles. The van der Waals surface area contributed by atoms with E-state index in [4.69, 9.17) is 18.9 Å². The summed E-state index contributed by atoms with van der Waals surface area (Å²) in [4.78, 5) is 13.0. The van der Waals surface area contributed by atoms with Gasteiger partial charge in [0.1, 0.15) is 5.75 Å². The van der Waals surface area contributed by atoms with E-state index in [2.05, 4.69) is 0 Å². The third kappa shape index (κ3) is 4.85. The number of aliphatic hydroxyl groups is 1. The Labute approximate surface area is 201 Å². The summed E-state index contributed by atoms with van der Waals surface area (Å²) in [5.74, 6) is 2.51. The molecule has 1 N–H and O–H groups in total. The zero-order valence-corrected chi connectivity index (χ0v) is 19.8. The summed E-state index contributed by atoms with van der Waals surface area (Å²) in [5, 5.41) is 10.4. The molecule has 0 radical (unpaired) electrons. The molecule has 4 bridgehead atoms. The highest BCUT2D eigenvalue weighted by Crippen LogP contribution is 2.62. The third-order valence-corrected chi connectivity index (χ3v) is 7.86. The maximum Gasteiger partial charge on any atom is 0.340 e. The molecule has 1 atom stereocenters. The maximum absolute atomic E-state index is 13.0. The fraction of sp³-hybridized carbons (Fsp3) is 0.536. The molecule has 6 nitrogen and oxygen atoms in total. The van der Waals surface area contributed by atoms with Crippen molar-refractivity contribution in [1.29, 1.82) is 0 Å². The second-order valence-corrected chi connectivity index (χ2v) is 10.2. The normalized spacial score (nSPS) is 28.0. The van der Waals surface area contributed by atoms with Crippen LogP contribution in [-0.2, 0) is 19.6 Å². The molecule has 4 fully saturated rings. The number of carbonyl (C=O) groups is 1. The number of esters is 1. The number of ether oxygens (including phenoxy) is 4. The lowest BCUT2D eigenvalue weighted by atomic mass is 9.48. The van der Waals surface area contributed by atoms with Crippen molar-refractivity contribution in [2.24, 2.45) is 17.8 Å². The van der Waals surface area contributed by atoms with Crippen LogP contribution >= 0.6 is 0 Å². The summed E-state index contributed by atoms with van der Waals surface area (Å²) in [6.07, 6.45) is 6.13. The van der Waals surface area contributed by atoms with Gasteiger partial charge in [0, 0.05) is 18.2 Å². The van der Waals surface area contributed by atoms with E-state index in [-0.39, 0.29) is 12.2 Å². The fourth-order valence-electron chi connectivity index (χ4n) is 6.80. The maximum atomic E-state index is 13.0. The molecule has 6 heteroatoms. The largest absolute Gasteiger partial charge is 0.467 e. The number of hydrogen-bond donors (Lipinski definition) is 1. The van der Waals surface area contributed by atoms with Crippen molar-refractivity contribution >= 4 is 5.97 Å². The first-order valence-corrected chi connectivity index (χ1v) is 12.3. The summed E-state index contributed by atoms with van der Waals surface area (Å²) >= 11 is 0. The van der Waals surface area contributed by atoms with Crippen LogP contribution in [-0.4, -0.2) is 38.2 Å². The Morgan fingerprint density at radius 1 is 1.00 bits per heavy atom. The molecule has 4 aliphatic rings. The van der Waals surface area contributed by atoms with Crippen molar-refractivity contribution in [3.63, 3.8) is 0 Å². The van der Waals surface area contributed by atoms with E-state index >= 15 is 0 Å². The standard InChI is InChI=1S/C28H34O6/c1-31-9-10-32-18-33-25-8-7-23(27(30)34-26(29)22-5-3-2-4-6-22)14-24(25)28-15-19-11-20(16-28)13-21(12-19)17-28/h2-8,14,19-21,26,29H,9-13,15-18H2,1H3. The van der Waals surface area contributed by atoms with E-state index in [1.165, 1.54) is 19.3 Å². The molecule has 1 unspecified atom stereocenters. The van der Waals surface area contributed by atoms with Gasteiger partial charge in [0.15, 0.2) is 6.79 Å². The van der Waals surface area contributed by atoms with E-state index < -0.39 is 12.3 Å². The van der Waals surface area contributed by atoms with Gasteiger partial charge in [-0.25, -0.2) is 4.79 Å². The summed E-state index contributed by atoms with van der Waals surface area (Å²) in [6, 6.07) is 14.5. The van der Waals surface area contributed by atoms with Gasteiger partial charge in [-0.05, 0) is 79.9 Å². The summed E-state index contributed by atoms with van der Waals surface area (Å²) < 4.78 is 22.1. The van der Waals surface area contributed by atoms with Crippen LogP contribution in [0.25, 0.3) is 0 Å². The number of aliphatic hydroxyl groups excluding tert-OH is 1. The summed E-state index contributed by atoms with van der Waals surface area (Å²) in [5.41, 5.74) is 2.11. The average molecular weight is 467 g/mol. The van der Waals surface area contributed by atoms with Gasteiger partial charge >= 0.3 is 5.97 Å². The van der Waals surface area contributed by atoms with Crippen LogP contribution in [0.2, 0.25) is 0 Å². The van der Waals surface area contributed by atoms with Gasteiger partial charge in [-0.3, -0.25) is 0 Å². The van der Waals surface area contributed by atoms with Gasteiger partial charge in [0.05, 0.1) is 18.8 Å². The van der Waals surface area contributed by atoms with Crippen LogP contribution in [0.1, 0.15) is 66.3 Å². The minimum Gasteiger partial charge on any atom is -0.467 e. The quantitative estimate of drug-likeness (QED) is 0.302. The molecule has 2 aromatic rings. The first-order chi connectivity index (χ1) is 16.6. The molecule has 0 spiro atoms. The van der Waals surface area contributed by atoms with Crippen LogP contribution in [0.3, 0.4) is 0 Å². The van der Waals surface area contributed by atoms with Crippen molar-refractivity contribution in [1.82, 2.24) is 0 Å². The molecule has 0 amide bonds. The number of rotatable bonds is 10. The van der Waals surface area contributed by atoms with E-state index in [0.717, 1.165) is 48.3 Å². The molecule has 0 heterocycles. The van der Waals surface area contributed by atoms with Gasteiger partial charge in [-0.1, -0.05) is 30.3 Å². The molecule has 0 aromatic heterocycles. The highest BCUT2D eigenvalue weighted by molar-refractivity contribution is 5.90. The van der Waals surface area contributed by atoms with Gasteiger partial charge in [-0.15, -0.1) is 0 Å². The van der Waals surface area contributed by atoms with Crippen molar-refractivity contribution in [2.45, 2.75) is 50.2 Å². The molecule has 182 valence electrons. The smallest absolute Gasteiger partial charge is 0.340 e. The first kappa shape index (κ1) is 23.3. The topological polar surface area (TPSA) is 74.2 Å². The second-order valence-electron chi connectivity index (χ2n) is 10.2. The Hall–Kier alpha value is -2.41. The molecular weight excluding hydrogens is 432 g/mol. The van der Waals surface area contributed by atoms with Crippen LogP contribution in [0.15, 0.2) is 48.5 Å². The summed E-state index contributed by atoms with van der Waals surface area (Å²) in [7, 11) is 1.64. The Morgan fingerprint density at radius 3 is 2.32 bits per heavy atom. The minimum absolute atomic E-state index is 0.0327. The third-order valence-electron chi connectivity index (χ3n) is 7.86. The number of benzene rings is 2. The minimum atomic E-state index is -1.30. The van der Waals surface area contributed by atoms with Gasteiger partial charge in [-0.2, -0.15) is 0 Å². The molecule has 34 heavy (non-hydrogen) atoms. The Balaban J connectivity index is 1.39. The molecule has 6 rings (SSSR count). The lowest BCUT2D eigenvalue weighted by molar-refractivity contribution is -0.0672. The highest BCUT2D eigenvalue weighted by Gasteiger charge is 2.52. The highest BCUT2D eigenvalue weighted by atomic mass is 16.7. The lowest BCUT2D eigenvalue weighted by Crippen LogP contribution is -2.48. The predicted octanol–water partition coefficient (Wildman–Crippen LogP) is 5.00. The van der Waals surface area contributed by atoms with Crippen molar-refractivity contribution < 1.29 is 28.8 Å². The molecule has 0 aliphatic heterocycles. The number of methoxy groups -OCH3 is 1. The second kappa shape index (κ2) is 10.1. The monoisotopic (exact) mass is 466 g/mol. The first-order valence-electron chi connectivity index (χ1n) is 12.3. The van der Waals surface area contributed by atoms with Crippen LogP contribution < -0.4 is 4.74 Å². The zero-order chi connectivity index (χ0) is 23.5. The van der Waals surface area contributed by atoms with E-state index in [1.807, 2.05) is 18.2 Å². The Bertz CT molecular complexity index is 952.